The van der Waals surface area contributed by atoms with Crippen molar-refractivity contribution in [3.05, 3.63) is 30.1 Å². The smallest absolute Gasteiger partial charge is 0.320 e. The molecule has 5 nitrogen and oxygen atoms in total. The first-order chi connectivity index (χ1) is 10.2. The summed E-state index contributed by atoms with van der Waals surface area (Å²) in [6.45, 7) is 4.67. The van der Waals surface area contributed by atoms with Crippen LogP contribution in [0.4, 0.5) is 4.79 Å². The maximum atomic E-state index is 12.7. The Bertz CT molecular complexity index is 470. The highest BCUT2D eigenvalue weighted by molar-refractivity contribution is 5.75. The molecule has 0 N–H and O–H groups in total. The maximum absolute atomic E-state index is 12.7. The number of nitrogens with zero attached hydrogens (tertiary/aromatic N) is 4. The normalized spacial score (nSPS) is 21.9. The predicted octanol–water partition coefficient (Wildman–Crippen LogP) is 1.80. The van der Waals surface area contributed by atoms with Gasteiger partial charge in [-0.15, -0.1) is 0 Å². The third-order valence-electron chi connectivity index (χ3n) is 4.59. The van der Waals surface area contributed by atoms with Crippen LogP contribution in [-0.2, 0) is 6.54 Å². The second-order valence-corrected chi connectivity index (χ2v) is 6.14. The number of carbonyl (C=O) groups is 1. The standard InChI is InChI=1S/C16H24N4O/c1-18-11-5-15(6-12-18)20-10-2-9-19(16(20)21)13-14-3-7-17-8-4-14/h3-4,7-8,15H,2,5-6,9-13H2,1H3. The number of piperidine rings is 1. The monoisotopic (exact) mass is 288 g/mol. The van der Waals surface area contributed by atoms with E-state index in [2.05, 4.69) is 21.8 Å². The van der Waals surface area contributed by atoms with Gasteiger partial charge in [0.05, 0.1) is 0 Å². The minimum absolute atomic E-state index is 0.215. The van der Waals surface area contributed by atoms with E-state index in [1.54, 1.807) is 12.4 Å². The number of amides is 2. The number of hydrogen-bond donors (Lipinski definition) is 0. The van der Waals surface area contributed by atoms with Crippen LogP contribution in [0.5, 0.6) is 0 Å². The van der Waals surface area contributed by atoms with Crippen molar-refractivity contribution in [2.75, 3.05) is 33.2 Å². The lowest BCUT2D eigenvalue weighted by atomic mass is 10.0. The summed E-state index contributed by atoms with van der Waals surface area (Å²) < 4.78 is 0. The zero-order valence-electron chi connectivity index (χ0n) is 12.7. The van der Waals surface area contributed by atoms with Crippen molar-refractivity contribution in [1.29, 1.82) is 0 Å². The molecule has 1 aromatic heterocycles. The second-order valence-electron chi connectivity index (χ2n) is 6.14. The molecule has 5 heteroatoms. The van der Waals surface area contributed by atoms with Gasteiger partial charge < -0.3 is 14.7 Å². The van der Waals surface area contributed by atoms with Crippen LogP contribution in [0.2, 0.25) is 0 Å². The Morgan fingerprint density at radius 1 is 1.14 bits per heavy atom. The van der Waals surface area contributed by atoms with Crippen molar-refractivity contribution in [3.8, 4) is 0 Å². The average molecular weight is 288 g/mol. The van der Waals surface area contributed by atoms with Crippen molar-refractivity contribution in [2.45, 2.75) is 31.8 Å². The highest BCUT2D eigenvalue weighted by atomic mass is 16.2. The van der Waals surface area contributed by atoms with Gasteiger partial charge in [0.1, 0.15) is 0 Å². The fourth-order valence-corrected chi connectivity index (χ4v) is 3.31. The molecule has 0 unspecified atom stereocenters. The summed E-state index contributed by atoms with van der Waals surface area (Å²) >= 11 is 0. The largest absolute Gasteiger partial charge is 0.321 e. The molecule has 2 fully saturated rings. The van der Waals surface area contributed by atoms with E-state index in [0.29, 0.717) is 12.6 Å². The molecular formula is C16H24N4O. The molecule has 2 aliphatic rings. The van der Waals surface area contributed by atoms with Gasteiger partial charge in [-0.3, -0.25) is 4.98 Å². The third-order valence-corrected chi connectivity index (χ3v) is 4.59. The van der Waals surface area contributed by atoms with Crippen LogP contribution < -0.4 is 0 Å². The van der Waals surface area contributed by atoms with Gasteiger partial charge in [-0.05, 0) is 57.1 Å². The number of hydrogen-bond acceptors (Lipinski definition) is 3. The summed E-state index contributed by atoms with van der Waals surface area (Å²) in [6, 6.07) is 4.62. The molecule has 0 spiro atoms. The molecule has 0 aliphatic carbocycles. The quantitative estimate of drug-likeness (QED) is 0.851. The molecule has 3 heterocycles. The minimum Gasteiger partial charge on any atom is -0.321 e. The Balaban J connectivity index is 1.63. The van der Waals surface area contributed by atoms with Crippen LogP contribution >= 0.6 is 0 Å². The van der Waals surface area contributed by atoms with Gasteiger partial charge in [0.15, 0.2) is 0 Å². The molecule has 2 saturated heterocycles. The summed E-state index contributed by atoms with van der Waals surface area (Å²) in [5, 5.41) is 0. The summed E-state index contributed by atoms with van der Waals surface area (Å²) in [5.41, 5.74) is 1.16. The lowest BCUT2D eigenvalue weighted by molar-refractivity contribution is 0.0814. The Morgan fingerprint density at radius 3 is 2.57 bits per heavy atom. The minimum atomic E-state index is 0.215. The summed E-state index contributed by atoms with van der Waals surface area (Å²) in [4.78, 5) is 23.2. The van der Waals surface area contributed by atoms with E-state index in [4.69, 9.17) is 0 Å². The fraction of sp³-hybridized carbons (Fsp3) is 0.625. The van der Waals surface area contributed by atoms with Gasteiger partial charge in [0.2, 0.25) is 0 Å². The van der Waals surface area contributed by atoms with Crippen LogP contribution in [0, 0.1) is 0 Å². The van der Waals surface area contributed by atoms with Crippen LogP contribution in [0.25, 0.3) is 0 Å². The van der Waals surface area contributed by atoms with Crippen molar-refractivity contribution in [2.24, 2.45) is 0 Å². The Labute approximate surface area is 126 Å². The van der Waals surface area contributed by atoms with Crippen molar-refractivity contribution < 1.29 is 4.79 Å². The zero-order chi connectivity index (χ0) is 14.7. The molecule has 114 valence electrons. The van der Waals surface area contributed by atoms with E-state index in [1.807, 2.05) is 17.0 Å². The molecule has 2 aliphatic heterocycles. The summed E-state index contributed by atoms with van der Waals surface area (Å²) in [6.07, 6.45) is 6.86. The van der Waals surface area contributed by atoms with Gasteiger partial charge in [0, 0.05) is 38.1 Å². The lowest BCUT2D eigenvalue weighted by Crippen LogP contribution is -2.55. The molecule has 2 amide bonds. The van der Waals surface area contributed by atoms with Gasteiger partial charge in [-0.25, -0.2) is 4.79 Å². The predicted molar refractivity (Wildman–Crippen MR) is 81.9 cm³/mol. The van der Waals surface area contributed by atoms with Gasteiger partial charge in [-0.1, -0.05) is 0 Å². The molecule has 0 aromatic carbocycles. The average Bonchev–Trinajstić information content (AvgIpc) is 2.52. The van der Waals surface area contributed by atoms with E-state index in [-0.39, 0.29) is 6.03 Å². The number of rotatable bonds is 3. The summed E-state index contributed by atoms with van der Waals surface area (Å²) in [5.74, 6) is 0. The van der Waals surface area contributed by atoms with Crippen LogP contribution in [-0.4, -0.2) is 65.0 Å². The molecular weight excluding hydrogens is 264 g/mol. The fourth-order valence-electron chi connectivity index (χ4n) is 3.31. The number of urea groups is 1. The Kier molecular flexibility index (Phi) is 4.39. The van der Waals surface area contributed by atoms with Crippen molar-refractivity contribution >= 4 is 6.03 Å². The van der Waals surface area contributed by atoms with E-state index in [0.717, 1.165) is 51.0 Å². The number of aromatic nitrogens is 1. The topological polar surface area (TPSA) is 39.7 Å². The number of pyridine rings is 1. The molecule has 0 saturated carbocycles. The van der Waals surface area contributed by atoms with E-state index in [9.17, 15) is 4.79 Å². The molecule has 0 radical (unpaired) electrons. The molecule has 0 atom stereocenters. The first-order valence-electron chi connectivity index (χ1n) is 7.87. The molecule has 3 rings (SSSR count). The van der Waals surface area contributed by atoms with Gasteiger partial charge in [-0.2, -0.15) is 0 Å². The molecule has 1 aromatic rings. The van der Waals surface area contributed by atoms with Crippen LogP contribution in [0.1, 0.15) is 24.8 Å². The SMILES string of the molecule is CN1CCC(N2CCCN(Cc3ccncc3)C2=O)CC1. The highest BCUT2D eigenvalue weighted by Crippen LogP contribution is 2.21. The zero-order valence-corrected chi connectivity index (χ0v) is 12.7. The molecule has 21 heavy (non-hydrogen) atoms. The third kappa shape index (κ3) is 3.35. The Hall–Kier alpha value is -1.62. The van der Waals surface area contributed by atoms with Crippen molar-refractivity contribution in [3.63, 3.8) is 0 Å². The van der Waals surface area contributed by atoms with Gasteiger partial charge in [0.25, 0.3) is 0 Å². The van der Waals surface area contributed by atoms with Crippen molar-refractivity contribution in [1.82, 2.24) is 19.7 Å². The van der Waals surface area contributed by atoms with Crippen LogP contribution in [0.3, 0.4) is 0 Å². The molecule has 0 bridgehead atoms. The van der Waals surface area contributed by atoms with Gasteiger partial charge >= 0.3 is 6.03 Å². The van der Waals surface area contributed by atoms with E-state index >= 15 is 0 Å². The van der Waals surface area contributed by atoms with E-state index in [1.165, 1.54) is 0 Å². The number of carbonyl (C=O) groups excluding carboxylic acids is 1. The number of likely N-dealkylation sites (tertiary alicyclic amines) is 1. The first-order valence-corrected chi connectivity index (χ1v) is 7.87. The maximum Gasteiger partial charge on any atom is 0.320 e. The first kappa shape index (κ1) is 14.3. The highest BCUT2D eigenvalue weighted by Gasteiger charge is 2.32. The van der Waals surface area contributed by atoms with E-state index < -0.39 is 0 Å². The lowest BCUT2D eigenvalue weighted by Gasteiger charge is -2.43. The second kappa shape index (κ2) is 6.43. The summed E-state index contributed by atoms with van der Waals surface area (Å²) in [7, 11) is 2.16. The van der Waals surface area contributed by atoms with Crippen LogP contribution in [0.15, 0.2) is 24.5 Å². The Morgan fingerprint density at radius 2 is 1.86 bits per heavy atom.